The number of nitrogens with one attached hydrogen (secondary N) is 2. The summed E-state index contributed by atoms with van der Waals surface area (Å²) in [6.45, 7) is 16.2. The summed E-state index contributed by atoms with van der Waals surface area (Å²) in [5, 5.41) is 0. The molecule has 0 saturated carbocycles. The van der Waals surface area contributed by atoms with Crippen molar-refractivity contribution in [2.45, 2.75) is 72.1 Å². The maximum absolute atomic E-state index is 12.8. The lowest BCUT2D eigenvalue weighted by Gasteiger charge is -2.09. The van der Waals surface area contributed by atoms with Crippen LogP contribution in [0.1, 0.15) is 74.0 Å². The zero-order valence-corrected chi connectivity index (χ0v) is 35.3. The minimum atomic E-state index is -4.12. The smallest absolute Gasteiger partial charge is 0.387 e. The Morgan fingerprint density at radius 1 is 1.00 bits per heavy atom. The van der Waals surface area contributed by atoms with E-state index in [1.54, 1.807) is 81.9 Å². The number of allylic oxidation sites excluding steroid dienone is 10. The fraction of sp³-hybridized carbons (Fsp3) is 0.238. The van der Waals surface area contributed by atoms with E-state index in [4.69, 9.17) is 4.42 Å². The Labute approximate surface area is 339 Å². The van der Waals surface area contributed by atoms with Gasteiger partial charge in [-0.1, -0.05) is 93.8 Å². The number of halogens is 2. The molecule has 15 heteroatoms. The molecule has 3 aromatic rings. The van der Waals surface area contributed by atoms with E-state index in [2.05, 4.69) is 22.6 Å². The molecule has 1 aliphatic rings. The standard InChI is InChI=1S/C29H29F2NO5S2.C11H13NO3S.C2H6/c1-5-8-27(19(3)6-2)39(34,35)32-28(33)26-17-23(20(4)36-26)18-38-25-10-7-9-21(13-16-25)22-11-14-24(15-12-22)37-29(30)31;1-8(2)11(13)12-16(14,15)10-7-5-4-6-9(10)3;1-2/h5-9,11-17,29H,1,10,18H2,2-4H3,(H,32,33);4-7H,1H2,2-3H3,(H,12,13);1-2H3/b19-6-,27-8+;;. The number of amides is 2. The average molecular weight is 843 g/mol. The molecule has 4 rings (SSSR count). The Hall–Kier alpha value is -5.25. The van der Waals surface area contributed by atoms with Crippen molar-refractivity contribution in [3.63, 3.8) is 0 Å². The monoisotopic (exact) mass is 842 g/mol. The van der Waals surface area contributed by atoms with Gasteiger partial charge in [-0.3, -0.25) is 9.59 Å². The van der Waals surface area contributed by atoms with Gasteiger partial charge in [0.1, 0.15) is 11.5 Å². The van der Waals surface area contributed by atoms with Crippen LogP contribution in [0.4, 0.5) is 8.78 Å². The Kier molecular flexibility index (Phi) is 18.9. The first kappa shape index (κ1) is 47.9. The molecule has 2 amide bonds. The minimum Gasteiger partial charge on any atom is -0.456 e. The summed E-state index contributed by atoms with van der Waals surface area (Å²) in [7, 11) is -7.92. The van der Waals surface area contributed by atoms with Crippen LogP contribution in [0.3, 0.4) is 0 Å². The molecule has 0 spiro atoms. The number of carbonyl (C=O) groups excluding carboxylic acids is 2. The van der Waals surface area contributed by atoms with E-state index in [0.29, 0.717) is 29.1 Å². The van der Waals surface area contributed by atoms with Gasteiger partial charge in [0.2, 0.25) is 0 Å². The minimum absolute atomic E-state index is 0.0504. The van der Waals surface area contributed by atoms with Crippen LogP contribution in [0, 0.1) is 13.8 Å². The summed E-state index contributed by atoms with van der Waals surface area (Å²) in [5.41, 5.74) is 3.77. The molecule has 2 aromatic carbocycles. The SMILES string of the molecule is C=C(C)C(=O)NS(=O)(=O)c1ccccc1C.C=C/C=C(\C(C)=C/C)S(=O)(=O)NC(=O)c1cc(CSC2=CC=C(c3ccc(OC(F)F)cc3)C=CC2)c(C)o1.CC. The lowest BCUT2D eigenvalue weighted by Crippen LogP contribution is -2.31. The van der Waals surface area contributed by atoms with Gasteiger partial charge in [0, 0.05) is 16.9 Å². The lowest BCUT2D eigenvalue weighted by molar-refractivity contribution is -0.115. The number of benzene rings is 2. The van der Waals surface area contributed by atoms with Gasteiger partial charge in [-0.2, -0.15) is 8.78 Å². The number of furan rings is 1. The van der Waals surface area contributed by atoms with Crippen molar-refractivity contribution in [2.75, 3.05) is 0 Å². The predicted octanol–water partition coefficient (Wildman–Crippen LogP) is 9.85. The van der Waals surface area contributed by atoms with Crippen LogP contribution >= 0.6 is 11.8 Å². The number of alkyl halides is 2. The topological polar surface area (TPSA) is 149 Å². The molecule has 0 atom stereocenters. The van der Waals surface area contributed by atoms with Crippen molar-refractivity contribution < 1.29 is 44.4 Å². The molecule has 10 nitrogen and oxygen atoms in total. The molecular formula is C42H48F2N2O8S3. The Morgan fingerprint density at radius 3 is 2.23 bits per heavy atom. The first-order valence-electron chi connectivity index (χ1n) is 17.5. The van der Waals surface area contributed by atoms with Gasteiger partial charge in [0.15, 0.2) is 5.76 Å². The molecule has 0 unspecified atom stereocenters. The second-order valence-electron chi connectivity index (χ2n) is 11.9. The number of rotatable bonds is 14. The predicted molar refractivity (Wildman–Crippen MR) is 224 cm³/mol. The summed E-state index contributed by atoms with van der Waals surface area (Å²) in [6.07, 6.45) is 12.9. The van der Waals surface area contributed by atoms with Crippen LogP contribution < -0.4 is 14.2 Å². The van der Waals surface area contributed by atoms with Crippen LogP contribution in [-0.2, 0) is 30.6 Å². The van der Waals surface area contributed by atoms with Crippen molar-refractivity contribution in [2.24, 2.45) is 0 Å². The van der Waals surface area contributed by atoms with E-state index in [9.17, 15) is 35.2 Å². The number of aryl methyl sites for hydroxylation is 2. The number of ether oxygens (including phenoxy) is 1. The van der Waals surface area contributed by atoms with Gasteiger partial charge in [-0.25, -0.2) is 26.3 Å². The van der Waals surface area contributed by atoms with Gasteiger partial charge in [0.25, 0.3) is 26.0 Å². The van der Waals surface area contributed by atoms with Crippen LogP contribution in [0.15, 0.2) is 141 Å². The molecular weight excluding hydrogens is 795 g/mol. The molecule has 1 heterocycles. The number of carbonyl (C=O) groups is 2. The molecule has 57 heavy (non-hydrogen) atoms. The van der Waals surface area contributed by atoms with Crippen molar-refractivity contribution >= 4 is 49.2 Å². The normalized spacial score (nSPS) is 13.1. The molecule has 1 aliphatic carbocycles. The highest BCUT2D eigenvalue weighted by molar-refractivity contribution is 8.02. The summed E-state index contributed by atoms with van der Waals surface area (Å²) >= 11 is 1.57. The van der Waals surface area contributed by atoms with Crippen molar-refractivity contribution in [1.29, 1.82) is 0 Å². The van der Waals surface area contributed by atoms with E-state index in [1.165, 1.54) is 37.3 Å². The quantitative estimate of drug-likeness (QED) is 0.120. The fourth-order valence-electron chi connectivity index (χ4n) is 4.71. The Balaban J connectivity index is 0.000000519. The highest BCUT2D eigenvalue weighted by atomic mass is 32.2. The Bertz CT molecular complexity index is 2300. The molecule has 0 bridgehead atoms. The first-order chi connectivity index (χ1) is 26.9. The molecule has 306 valence electrons. The molecule has 1 aromatic heterocycles. The maximum Gasteiger partial charge on any atom is 0.387 e. The lowest BCUT2D eigenvalue weighted by atomic mass is 10.1. The average Bonchev–Trinajstić information content (AvgIpc) is 3.37. The highest BCUT2D eigenvalue weighted by Gasteiger charge is 2.25. The largest absolute Gasteiger partial charge is 0.456 e. The van der Waals surface area contributed by atoms with E-state index < -0.39 is 38.5 Å². The van der Waals surface area contributed by atoms with E-state index >= 15 is 0 Å². The van der Waals surface area contributed by atoms with Crippen molar-refractivity contribution in [3.8, 4) is 5.75 Å². The van der Waals surface area contributed by atoms with E-state index in [1.807, 2.05) is 42.9 Å². The zero-order valence-electron chi connectivity index (χ0n) is 32.9. The molecule has 0 fully saturated rings. The highest BCUT2D eigenvalue weighted by Crippen LogP contribution is 2.31. The van der Waals surface area contributed by atoms with Crippen molar-refractivity contribution in [3.05, 3.63) is 159 Å². The van der Waals surface area contributed by atoms with Gasteiger partial charge < -0.3 is 9.15 Å². The van der Waals surface area contributed by atoms with E-state index in [-0.39, 0.29) is 26.9 Å². The maximum atomic E-state index is 12.8. The van der Waals surface area contributed by atoms with Crippen LogP contribution in [-0.4, -0.2) is 35.3 Å². The number of thioether (sulfide) groups is 1. The second kappa shape index (κ2) is 22.5. The van der Waals surface area contributed by atoms with Gasteiger partial charge >= 0.3 is 12.5 Å². The third-order valence-corrected chi connectivity index (χ3v) is 11.9. The van der Waals surface area contributed by atoms with Crippen LogP contribution in [0.5, 0.6) is 5.75 Å². The molecule has 0 saturated heterocycles. The van der Waals surface area contributed by atoms with Gasteiger partial charge in [-0.05, 0) is 98.6 Å². The summed E-state index contributed by atoms with van der Waals surface area (Å²) in [5.74, 6) is -0.522. The number of sulfonamides is 2. The number of hydrogen-bond donors (Lipinski definition) is 2. The van der Waals surface area contributed by atoms with Gasteiger partial charge in [-0.15, -0.1) is 11.8 Å². The molecule has 0 radical (unpaired) electrons. The summed E-state index contributed by atoms with van der Waals surface area (Å²) < 4.78 is 87.9. The molecule has 0 aliphatic heterocycles. The van der Waals surface area contributed by atoms with E-state index in [0.717, 1.165) is 21.6 Å². The Morgan fingerprint density at radius 2 is 1.65 bits per heavy atom. The zero-order chi connectivity index (χ0) is 42.9. The van der Waals surface area contributed by atoms with Gasteiger partial charge in [0.05, 0.1) is 9.80 Å². The first-order valence-corrected chi connectivity index (χ1v) is 21.5. The third kappa shape index (κ3) is 14.6. The second-order valence-corrected chi connectivity index (χ2v) is 16.3. The third-order valence-electron chi connectivity index (χ3n) is 7.74. The number of hydrogen-bond acceptors (Lipinski definition) is 9. The summed E-state index contributed by atoms with van der Waals surface area (Å²) in [4.78, 5) is 25.1. The fourth-order valence-corrected chi connectivity index (χ4v) is 8.27. The summed E-state index contributed by atoms with van der Waals surface area (Å²) in [6, 6.07) is 14.4. The molecule has 2 N–H and O–H groups in total. The van der Waals surface area contributed by atoms with Crippen LogP contribution in [0.2, 0.25) is 0 Å². The van der Waals surface area contributed by atoms with Crippen LogP contribution in [0.25, 0.3) is 5.57 Å². The van der Waals surface area contributed by atoms with Crippen molar-refractivity contribution in [1.82, 2.24) is 9.44 Å².